The van der Waals surface area contributed by atoms with Crippen LogP contribution in [0, 0.1) is 0 Å². The molecule has 2 aromatic carbocycles. The van der Waals surface area contributed by atoms with Crippen LogP contribution in [-0.4, -0.2) is 99.3 Å². The standard InChI is InChI=1S/C26H31Cl2N3O5/c1-34-23-7-5-19(15-24(23)35-2)25(32)30-9-3-8-29(10-11-30)16-20-17-31(12-13-36-20)26(33)18-4-6-21(27)22(28)14-18/h4-7,14-15,20H,3,8-13,16-17H2,1-2H3/t20-/m0/s1. The maximum absolute atomic E-state index is 13.1. The van der Waals surface area contributed by atoms with Crippen molar-refractivity contribution in [2.24, 2.45) is 0 Å². The Morgan fingerprint density at radius 1 is 0.861 bits per heavy atom. The number of rotatable bonds is 6. The van der Waals surface area contributed by atoms with Crippen molar-refractivity contribution in [3.05, 3.63) is 57.6 Å². The summed E-state index contributed by atoms with van der Waals surface area (Å²) in [6.45, 7) is 5.10. The molecule has 1 atom stereocenters. The molecule has 36 heavy (non-hydrogen) atoms. The molecular weight excluding hydrogens is 505 g/mol. The molecule has 2 fully saturated rings. The predicted molar refractivity (Wildman–Crippen MR) is 139 cm³/mol. The number of hydrogen-bond acceptors (Lipinski definition) is 6. The molecule has 4 rings (SSSR count). The highest BCUT2D eigenvalue weighted by molar-refractivity contribution is 6.42. The Kier molecular flexibility index (Phi) is 8.95. The maximum Gasteiger partial charge on any atom is 0.254 e. The first kappa shape index (κ1) is 26.5. The smallest absolute Gasteiger partial charge is 0.254 e. The predicted octanol–water partition coefficient (Wildman–Crippen LogP) is 3.70. The van der Waals surface area contributed by atoms with Crippen LogP contribution in [0.25, 0.3) is 0 Å². The van der Waals surface area contributed by atoms with E-state index in [0.29, 0.717) is 72.0 Å². The first-order valence-electron chi connectivity index (χ1n) is 12.0. The summed E-state index contributed by atoms with van der Waals surface area (Å²) in [6, 6.07) is 10.2. The molecule has 2 aromatic rings. The summed E-state index contributed by atoms with van der Waals surface area (Å²) in [5, 5.41) is 0.789. The number of ether oxygens (including phenoxy) is 3. The van der Waals surface area contributed by atoms with Crippen molar-refractivity contribution in [1.82, 2.24) is 14.7 Å². The van der Waals surface area contributed by atoms with E-state index in [2.05, 4.69) is 4.90 Å². The molecule has 2 aliphatic rings. The molecule has 2 saturated heterocycles. The Morgan fingerprint density at radius 3 is 2.33 bits per heavy atom. The van der Waals surface area contributed by atoms with E-state index in [1.165, 1.54) is 0 Å². The lowest BCUT2D eigenvalue weighted by Crippen LogP contribution is -2.50. The lowest BCUT2D eigenvalue weighted by Gasteiger charge is -2.35. The van der Waals surface area contributed by atoms with E-state index in [4.69, 9.17) is 37.4 Å². The number of morpholine rings is 1. The van der Waals surface area contributed by atoms with Crippen LogP contribution in [0.2, 0.25) is 10.0 Å². The van der Waals surface area contributed by atoms with Crippen molar-refractivity contribution >= 4 is 35.0 Å². The number of benzene rings is 2. The van der Waals surface area contributed by atoms with E-state index in [1.807, 2.05) is 4.90 Å². The molecule has 0 unspecified atom stereocenters. The van der Waals surface area contributed by atoms with Crippen LogP contribution in [0.1, 0.15) is 27.1 Å². The Bertz CT molecular complexity index is 1100. The van der Waals surface area contributed by atoms with Crippen molar-refractivity contribution in [3.63, 3.8) is 0 Å². The average Bonchev–Trinajstić information content (AvgIpc) is 3.14. The van der Waals surface area contributed by atoms with Gasteiger partial charge in [-0.05, 0) is 49.4 Å². The molecule has 0 aromatic heterocycles. The fraction of sp³-hybridized carbons (Fsp3) is 0.462. The van der Waals surface area contributed by atoms with Gasteiger partial charge in [-0.25, -0.2) is 0 Å². The molecule has 2 heterocycles. The summed E-state index contributed by atoms with van der Waals surface area (Å²) in [6.07, 6.45) is 0.760. The van der Waals surface area contributed by atoms with Gasteiger partial charge in [-0.1, -0.05) is 23.2 Å². The Labute approximate surface area is 221 Å². The molecule has 0 aliphatic carbocycles. The lowest BCUT2D eigenvalue weighted by molar-refractivity contribution is -0.0353. The molecule has 10 heteroatoms. The Balaban J connectivity index is 1.32. The first-order valence-corrected chi connectivity index (χ1v) is 12.7. The summed E-state index contributed by atoms with van der Waals surface area (Å²) in [4.78, 5) is 32.1. The zero-order valence-electron chi connectivity index (χ0n) is 20.5. The second-order valence-electron chi connectivity index (χ2n) is 8.89. The van der Waals surface area contributed by atoms with Gasteiger partial charge in [0.05, 0.1) is 37.0 Å². The minimum absolute atomic E-state index is 0.0230. The highest BCUT2D eigenvalue weighted by atomic mass is 35.5. The number of hydrogen-bond donors (Lipinski definition) is 0. The number of carbonyl (C=O) groups is 2. The number of amides is 2. The molecule has 0 bridgehead atoms. The fourth-order valence-corrected chi connectivity index (χ4v) is 4.92. The van der Waals surface area contributed by atoms with Crippen LogP contribution in [0.15, 0.2) is 36.4 Å². The Morgan fingerprint density at radius 2 is 1.58 bits per heavy atom. The third-order valence-corrected chi connectivity index (χ3v) is 7.30. The minimum Gasteiger partial charge on any atom is -0.493 e. The van der Waals surface area contributed by atoms with Gasteiger partial charge in [0.15, 0.2) is 11.5 Å². The largest absolute Gasteiger partial charge is 0.493 e. The van der Waals surface area contributed by atoms with E-state index in [9.17, 15) is 9.59 Å². The van der Waals surface area contributed by atoms with Crippen LogP contribution in [0.4, 0.5) is 0 Å². The zero-order chi connectivity index (χ0) is 25.7. The van der Waals surface area contributed by atoms with Crippen LogP contribution < -0.4 is 9.47 Å². The van der Waals surface area contributed by atoms with E-state index < -0.39 is 0 Å². The third kappa shape index (κ3) is 6.24. The molecule has 0 N–H and O–H groups in total. The van der Waals surface area contributed by atoms with E-state index in [-0.39, 0.29) is 17.9 Å². The van der Waals surface area contributed by atoms with Crippen LogP contribution in [0.3, 0.4) is 0 Å². The second kappa shape index (κ2) is 12.1. The summed E-state index contributed by atoms with van der Waals surface area (Å²) in [5.41, 5.74) is 1.09. The highest BCUT2D eigenvalue weighted by Crippen LogP contribution is 2.28. The normalized spacial score (nSPS) is 19.1. The summed E-state index contributed by atoms with van der Waals surface area (Å²) >= 11 is 12.1. The van der Waals surface area contributed by atoms with Gasteiger partial charge in [-0.15, -0.1) is 0 Å². The molecular formula is C26H31Cl2N3O5. The van der Waals surface area contributed by atoms with Crippen molar-refractivity contribution in [2.45, 2.75) is 12.5 Å². The second-order valence-corrected chi connectivity index (χ2v) is 9.70. The van der Waals surface area contributed by atoms with E-state index in [0.717, 1.165) is 19.5 Å². The van der Waals surface area contributed by atoms with Crippen molar-refractivity contribution < 1.29 is 23.8 Å². The average molecular weight is 536 g/mol. The summed E-state index contributed by atoms with van der Waals surface area (Å²) in [7, 11) is 3.13. The van der Waals surface area contributed by atoms with Crippen LogP contribution >= 0.6 is 23.2 Å². The third-order valence-electron chi connectivity index (χ3n) is 6.56. The molecule has 2 amide bonds. The SMILES string of the molecule is COc1ccc(C(=O)N2CCCN(C[C@H]3CN(C(=O)c4ccc(Cl)c(Cl)c4)CCO3)CC2)cc1OC. The van der Waals surface area contributed by atoms with Gasteiger partial charge >= 0.3 is 0 Å². The number of methoxy groups -OCH3 is 2. The minimum atomic E-state index is -0.0985. The van der Waals surface area contributed by atoms with Gasteiger partial charge in [-0.2, -0.15) is 0 Å². The molecule has 8 nitrogen and oxygen atoms in total. The van der Waals surface area contributed by atoms with Crippen molar-refractivity contribution in [3.8, 4) is 11.5 Å². The quantitative estimate of drug-likeness (QED) is 0.561. The van der Waals surface area contributed by atoms with Gasteiger partial charge in [0.25, 0.3) is 11.8 Å². The molecule has 194 valence electrons. The van der Waals surface area contributed by atoms with Crippen molar-refractivity contribution in [2.75, 3.05) is 66.6 Å². The van der Waals surface area contributed by atoms with Crippen molar-refractivity contribution in [1.29, 1.82) is 0 Å². The highest BCUT2D eigenvalue weighted by Gasteiger charge is 2.28. The van der Waals surface area contributed by atoms with Gasteiger partial charge in [0.2, 0.25) is 0 Å². The monoisotopic (exact) mass is 535 g/mol. The number of halogens is 2. The molecule has 2 aliphatic heterocycles. The maximum atomic E-state index is 13.1. The van der Waals surface area contributed by atoms with E-state index >= 15 is 0 Å². The first-order chi connectivity index (χ1) is 17.4. The molecule has 0 spiro atoms. The van der Waals surface area contributed by atoms with Gasteiger partial charge in [0, 0.05) is 50.4 Å². The van der Waals surface area contributed by atoms with Crippen LogP contribution in [0.5, 0.6) is 11.5 Å². The number of nitrogens with zero attached hydrogens (tertiary/aromatic N) is 3. The summed E-state index contributed by atoms with van der Waals surface area (Å²) in [5.74, 6) is 1.03. The number of carbonyl (C=O) groups excluding carboxylic acids is 2. The molecule has 0 radical (unpaired) electrons. The van der Waals surface area contributed by atoms with Crippen LogP contribution in [-0.2, 0) is 4.74 Å². The fourth-order valence-electron chi connectivity index (χ4n) is 4.62. The lowest BCUT2D eigenvalue weighted by atomic mass is 10.1. The molecule has 0 saturated carbocycles. The van der Waals surface area contributed by atoms with Gasteiger partial charge in [-0.3, -0.25) is 14.5 Å². The van der Waals surface area contributed by atoms with E-state index in [1.54, 1.807) is 55.5 Å². The topological polar surface area (TPSA) is 71.6 Å². The van der Waals surface area contributed by atoms with Gasteiger partial charge < -0.3 is 24.0 Å². The zero-order valence-corrected chi connectivity index (χ0v) is 22.1. The summed E-state index contributed by atoms with van der Waals surface area (Å²) < 4.78 is 16.6. The Hall–Kier alpha value is -2.52. The van der Waals surface area contributed by atoms with Gasteiger partial charge in [0.1, 0.15) is 0 Å².